The van der Waals surface area contributed by atoms with Gasteiger partial charge in [-0.15, -0.1) is 0 Å². The van der Waals surface area contributed by atoms with Crippen LogP contribution in [0.25, 0.3) is 0 Å². The van der Waals surface area contributed by atoms with Gasteiger partial charge in [-0.25, -0.2) is 4.98 Å². The number of ether oxygens (including phenoxy) is 1. The molecule has 3 N–H and O–H groups in total. The summed E-state index contributed by atoms with van der Waals surface area (Å²) in [6, 6.07) is 9.81. The lowest BCUT2D eigenvalue weighted by Crippen LogP contribution is -2.19. The van der Waals surface area contributed by atoms with Crippen molar-refractivity contribution in [2.24, 2.45) is 23.5 Å². The van der Waals surface area contributed by atoms with Gasteiger partial charge in [0.1, 0.15) is 23.1 Å². The predicted octanol–water partition coefficient (Wildman–Crippen LogP) is 2.14. The lowest BCUT2D eigenvalue weighted by molar-refractivity contribution is -0.123. The highest BCUT2D eigenvalue weighted by atomic mass is 16.5. The first-order chi connectivity index (χ1) is 12.5. The molecule has 7 nitrogen and oxygen atoms in total. The summed E-state index contributed by atoms with van der Waals surface area (Å²) in [5, 5.41) is 2.75. The van der Waals surface area contributed by atoms with E-state index in [4.69, 9.17) is 10.5 Å². The Hall–Kier alpha value is -3.22. The average Bonchev–Trinajstić information content (AvgIpc) is 3.25. The van der Waals surface area contributed by atoms with E-state index >= 15 is 0 Å². The van der Waals surface area contributed by atoms with Crippen LogP contribution in [0.15, 0.2) is 42.6 Å². The van der Waals surface area contributed by atoms with Crippen LogP contribution < -0.4 is 15.8 Å². The number of ketones is 1. The second-order valence-corrected chi connectivity index (χ2v) is 6.58. The number of nitrogens with one attached hydrogen (secondary N) is 1. The van der Waals surface area contributed by atoms with Gasteiger partial charge in [0.2, 0.25) is 11.8 Å². The molecule has 3 unspecified atom stereocenters. The standard InChI is InChI=1S/C19H17N3O4/c20-18(24)10-2-1-3-11(8-10)26-12-4-7-15(21-9-12)22-19(25)17-13-5-6-14(23)16(13)17/h1-4,7-9,13,16-17H,5-6H2,(H2,20,24)(H,21,22,25). The van der Waals surface area contributed by atoms with Gasteiger partial charge in [0.05, 0.1) is 12.1 Å². The van der Waals surface area contributed by atoms with Gasteiger partial charge in [-0.3, -0.25) is 14.4 Å². The van der Waals surface area contributed by atoms with Crippen LogP contribution >= 0.6 is 0 Å². The van der Waals surface area contributed by atoms with Gasteiger partial charge < -0.3 is 15.8 Å². The molecule has 0 saturated heterocycles. The van der Waals surface area contributed by atoms with E-state index in [2.05, 4.69) is 10.3 Å². The fourth-order valence-electron chi connectivity index (χ4n) is 3.58. The van der Waals surface area contributed by atoms with Crippen molar-refractivity contribution in [3.8, 4) is 11.5 Å². The highest BCUT2D eigenvalue weighted by Gasteiger charge is 2.61. The molecule has 26 heavy (non-hydrogen) atoms. The lowest BCUT2D eigenvalue weighted by Gasteiger charge is -2.08. The maximum Gasteiger partial charge on any atom is 0.248 e. The van der Waals surface area contributed by atoms with E-state index in [9.17, 15) is 14.4 Å². The number of pyridine rings is 1. The number of nitrogens with zero attached hydrogens (tertiary/aromatic N) is 1. The van der Waals surface area contributed by atoms with E-state index in [1.165, 1.54) is 6.20 Å². The number of benzene rings is 1. The molecular formula is C19H17N3O4. The number of hydrogen-bond donors (Lipinski definition) is 2. The molecule has 132 valence electrons. The van der Waals surface area contributed by atoms with E-state index in [0.717, 1.165) is 6.42 Å². The van der Waals surface area contributed by atoms with Gasteiger partial charge in [-0.1, -0.05) is 6.07 Å². The third-order valence-electron chi connectivity index (χ3n) is 4.91. The summed E-state index contributed by atoms with van der Waals surface area (Å²) in [7, 11) is 0. The van der Waals surface area contributed by atoms with Gasteiger partial charge in [0.15, 0.2) is 0 Å². The molecule has 0 spiro atoms. The smallest absolute Gasteiger partial charge is 0.248 e. The number of fused-ring (bicyclic) bond motifs is 1. The van der Waals surface area contributed by atoms with Crippen LogP contribution in [0, 0.1) is 17.8 Å². The second-order valence-electron chi connectivity index (χ2n) is 6.58. The lowest BCUT2D eigenvalue weighted by atomic mass is 10.1. The van der Waals surface area contributed by atoms with Crippen molar-refractivity contribution < 1.29 is 19.1 Å². The number of aromatic nitrogens is 1. The van der Waals surface area contributed by atoms with Crippen molar-refractivity contribution in [3.63, 3.8) is 0 Å². The first-order valence-electron chi connectivity index (χ1n) is 8.40. The molecule has 2 aliphatic rings. The van der Waals surface area contributed by atoms with Crippen molar-refractivity contribution in [1.29, 1.82) is 0 Å². The Morgan fingerprint density at radius 1 is 1.19 bits per heavy atom. The first-order valence-corrected chi connectivity index (χ1v) is 8.40. The molecule has 2 aliphatic carbocycles. The maximum atomic E-state index is 12.2. The Bertz CT molecular complexity index is 894. The molecular weight excluding hydrogens is 334 g/mol. The zero-order valence-electron chi connectivity index (χ0n) is 13.8. The third-order valence-corrected chi connectivity index (χ3v) is 4.91. The summed E-state index contributed by atoms with van der Waals surface area (Å²) in [4.78, 5) is 39.2. The minimum atomic E-state index is -0.532. The summed E-state index contributed by atoms with van der Waals surface area (Å²) < 4.78 is 5.64. The van der Waals surface area contributed by atoms with Crippen molar-refractivity contribution in [1.82, 2.24) is 4.98 Å². The van der Waals surface area contributed by atoms with E-state index in [0.29, 0.717) is 29.3 Å². The van der Waals surface area contributed by atoms with Crippen molar-refractivity contribution in [2.45, 2.75) is 12.8 Å². The summed E-state index contributed by atoms with van der Waals surface area (Å²) in [6.07, 6.45) is 2.89. The number of carbonyl (C=O) groups is 3. The van der Waals surface area contributed by atoms with Crippen molar-refractivity contribution in [3.05, 3.63) is 48.2 Å². The number of primary amides is 1. The Morgan fingerprint density at radius 2 is 2.04 bits per heavy atom. The molecule has 3 atom stereocenters. The molecule has 1 aromatic heterocycles. The normalized spacial score (nSPS) is 23.2. The number of nitrogens with two attached hydrogens (primary N) is 1. The molecule has 2 aromatic rings. The molecule has 0 radical (unpaired) electrons. The molecule has 7 heteroatoms. The number of hydrogen-bond acceptors (Lipinski definition) is 5. The number of amides is 2. The Balaban J connectivity index is 1.38. The Kier molecular flexibility index (Phi) is 3.91. The zero-order chi connectivity index (χ0) is 18.3. The van der Waals surface area contributed by atoms with Gasteiger partial charge >= 0.3 is 0 Å². The van der Waals surface area contributed by atoms with Crippen LogP contribution in [0.4, 0.5) is 5.82 Å². The zero-order valence-corrected chi connectivity index (χ0v) is 13.8. The Morgan fingerprint density at radius 3 is 2.69 bits per heavy atom. The summed E-state index contributed by atoms with van der Waals surface area (Å²) in [5.74, 6) is 0.768. The average molecular weight is 351 g/mol. The number of Topliss-reactive ketones (excluding diaryl/α,β-unsaturated/α-hetero) is 1. The Labute approximate surface area is 149 Å². The molecule has 1 aromatic carbocycles. The van der Waals surface area contributed by atoms with Crippen LogP contribution in [-0.4, -0.2) is 22.6 Å². The largest absolute Gasteiger partial charge is 0.456 e. The minimum absolute atomic E-state index is 0.0878. The fourth-order valence-corrected chi connectivity index (χ4v) is 3.58. The monoisotopic (exact) mass is 351 g/mol. The number of carbonyl (C=O) groups excluding carboxylic acids is 3. The summed E-state index contributed by atoms with van der Waals surface area (Å²) in [5.41, 5.74) is 5.60. The van der Waals surface area contributed by atoms with Crippen LogP contribution in [0.2, 0.25) is 0 Å². The molecule has 2 saturated carbocycles. The highest BCUT2D eigenvalue weighted by molar-refractivity contribution is 6.01. The van der Waals surface area contributed by atoms with Crippen LogP contribution in [0.5, 0.6) is 11.5 Å². The van der Waals surface area contributed by atoms with Gasteiger partial charge in [-0.2, -0.15) is 0 Å². The van der Waals surface area contributed by atoms with E-state index in [1.807, 2.05) is 0 Å². The van der Waals surface area contributed by atoms with Crippen LogP contribution in [-0.2, 0) is 9.59 Å². The predicted molar refractivity (Wildman–Crippen MR) is 92.6 cm³/mol. The molecule has 4 rings (SSSR count). The van der Waals surface area contributed by atoms with Crippen molar-refractivity contribution in [2.75, 3.05) is 5.32 Å². The quantitative estimate of drug-likeness (QED) is 0.857. The third kappa shape index (κ3) is 3.03. The fraction of sp³-hybridized carbons (Fsp3) is 0.263. The number of anilines is 1. The van der Waals surface area contributed by atoms with Crippen molar-refractivity contribution >= 4 is 23.4 Å². The van der Waals surface area contributed by atoms with E-state index < -0.39 is 5.91 Å². The SMILES string of the molecule is NC(=O)c1cccc(Oc2ccc(NC(=O)C3C4CCC(=O)C43)nc2)c1. The van der Waals surface area contributed by atoms with E-state index in [1.54, 1.807) is 36.4 Å². The van der Waals surface area contributed by atoms with Gasteiger partial charge in [0, 0.05) is 17.9 Å². The molecule has 2 amide bonds. The minimum Gasteiger partial charge on any atom is -0.456 e. The first kappa shape index (κ1) is 16.3. The summed E-state index contributed by atoms with van der Waals surface area (Å²) in [6.45, 7) is 0. The number of rotatable bonds is 5. The molecule has 2 fully saturated rings. The van der Waals surface area contributed by atoms with Gasteiger partial charge in [0.25, 0.3) is 0 Å². The molecule has 1 heterocycles. The van der Waals surface area contributed by atoms with Gasteiger partial charge in [-0.05, 0) is 42.7 Å². The molecule has 0 bridgehead atoms. The maximum absolute atomic E-state index is 12.2. The second kappa shape index (κ2) is 6.25. The van der Waals surface area contributed by atoms with E-state index in [-0.39, 0.29) is 29.4 Å². The molecule has 0 aliphatic heterocycles. The summed E-state index contributed by atoms with van der Waals surface area (Å²) >= 11 is 0. The van der Waals surface area contributed by atoms with Crippen LogP contribution in [0.1, 0.15) is 23.2 Å². The highest BCUT2D eigenvalue weighted by Crippen LogP contribution is 2.55. The topological polar surface area (TPSA) is 111 Å². The van der Waals surface area contributed by atoms with Crippen LogP contribution in [0.3, 0.4) is 0 Å².